The summed E-state index contributed by atoms with van der Waals surface area (Å²) >= 11 is 6.51. The van der Waals surface area contributed by atoms with Crippen LogP contribution in [0.2, 0.25) is 5.02 Å². The van der Waals surface area contributed by atoms with E-state index in [2.05, 4.69) is 47.9 Å². The normalized spacial score (nSPS) is 20.2. The van der Waals surface area contributed by atoms with Gasteiger partial charge in [0.1, 0.15) is 0 Å². The van der Waals surface area contributed by atoms with Crippen molar-refractivity contribution in [2.24, 2.45) is 0 Å². The molecule has 1 aliphatic carbocycles. The molecule has 0 amide bonds. The predicted molar refractivity (Wildman–Crippen MR) is 88.9 cm³/mol. The third kappa shape index (κ3) is 2.99. The van der Waals surface area contributed by atoms with Crippen LogP contribution in [0.1, 0.15) is 63.7 Å². The van der Waals surface area contributed by atoms with E-state index >= 15 is 0 Å². The van der Waals surface area contributed by atoms with Crippen LogP contribution in [0.15, 0.2) is 6.20 Å². The third-order valence-electron chi connectivity index (χ3n) is 4.99. The van der Waals surface area contributed by atoms with Gasteiger partial charge in [0.05, 0.1) is 23.0 Å². The lowest BCUT2D eigenvalue weighted by molar-refractivity contribution is 0.0556. The Hall–Kier alpha value is -0.580. The average Bonchev–Trinajstić information content (AvgIpc) is 2.83. The Morgan fingerprint density at radius 3 is 2.38 bits per heavy atom. The number of rotatable bonds is 5. The van der Waals surface area contributed by atoms with Gasteiger partial charge in [0, 0.05) is 11.6 Å². The van der Waals surface area contributed by atoms with E-state index in [1.807, 2.05) is 7.05 Å². The molecule has 0 aromatic carbocycles. The van der Waals surface area contributed by atoms with Gasteiger partial charge in [-0.25, -0.2) is 0 Å². The molecule has 120 valence electrons. The van der Waals surface area contributed by atoms with Crippen LogP contribution in [-0.4, -0.2) is 41.4 Å². The van der Waals surface area contributed by atoms with Crippen molar-refractivity contribution in [1.29, 1.82) is 0 Å². The Kier molecular flexibility index (Phi) is 5.33. The molecular formula is C16H29ClN4. The van der Waals surface area contributed by atoms with Crippen molar-refractivity contribution in [2.75, 3.05) is 21.1 Å². The molecule has 0 saturated heterocycles. The van der Waals surface area contributed by atoms with Crippen LogP contribution in [-0.2, 0) is 0 Å². The molecule has 21 heavy (non-hydrogen) atoms. The average molecular weight is 313 g/mol. The van der Waals surface area contributed by atoms with Gasteiger partial charge in [-0.2, -0.15) is 5.10 Å². The van der Waals surface area contributed by atoms with Crippen molar-refractivity contribution >= 4 is 11.6 Å². The topological polar surface area (TPSA) is 33.1 Å². The van der Waals surface area contributed by atoms with E-state index in [9.17, 15) is 0 Å². The highest BCUT2D eigenvalue weighted by Gasteiger charge is 2.44. The fourth-order valence-electron chi connectivity index (χ4n) is 3.85. The molecule has 2 rings (SSSR count). The van der Waals surface area contributed by atoms with Gasteiger partial charge in [0.2, 0.25) is 0 Å². The molecule has 1 saturated carbocycles. The number of nitrogens with zero attached hydrogens (tertiary/aromatic N) is 3. The molecule has 1 N–H and O–H groups in total. The smallest absolute Gasteiger partial charge is 0.0835 e. The number of nitrogens with one attached hydrogen (secondary N) is 1. The molecule has 4 nitrogen and oxygen atoms in total. The van der Waals surface area contributed by atoms with E-state index in [0.29, 0.717) is 6.04 Å². The van der Waals surface area contributed by atoms with Crippen LogP contribution in [0.3, 0.4) is 0 Å². The lowest BCUT2D eigenvalue weighted by atomic mass is 9.74. The molecule has 0 radical (unpaired) electrons. The summed E-state index contributed by atoms with van der Waals surface area (Å²) in [5.74, 6) is 0. The zero-order valence-corrected chi connectivity index (χ0v) is 14.7. The Bertz CT molecular complexity index is 461. The minimum absolute atomic E-state index is 0.114. The first-order chi connectivity index (χ1) is 9.94. The Morgan fingerprint density at radius 1 is 1.29 bits per heavy atom. The first-order valence-corrected chi connectivity index (χ1v) is 8.39. The summed E-state index contributed by atoms with van der Waals surface area (Å²) in [6.45, 7) is 4.31. The predicted octanol–water partition coefficient (Wildman–Crippen LogP) is 3.64. The Morgan fingerprint density at radius 2 is 1.90 bits per heavy atom. The van der Waals surface area contributed by atoms with Gasteiger partial charge < -0.3 is 10.2 Å². The largest absolute Gasteiger partial charge is 0.310 e. The molecule has 1 atom stereocenters. The van der Waals surface area contributed by atoms with E-state index in [0.717, 1.165) is 10.7 Å². The van der Waals surface area contributed by atoms with Crippen molar-refractivity contribution in [2.45, 2.75) is 63.6 Å². The highest BCUT2D eigenvalue weighted by Crippen LogP contribution is 2.43. The molecule has 5 heteroatoms. The van der Waals surface area contributed by atoms with Gasteiger partial charge in [0.15, 0.2) is 0 Å². The molecule has 1 aliphatic rings. The quantitative estimate of drug-likeness (QED) is 0.901. The molecule has 0 bridgehead atoms. The zero-order valence-electron chi connectivity index (χ0n) is 14.0. The number of hydrogen-bond donors (Lipinski definition) is 1. The Balaban J connectivity index is 2.49. The van der Waals surface area contributed by atoms with Crippen LogP contribution >= 0.6 is 11.6 Å². The summed E-state index contributed by atoms with van der Waals surface area (Å²) in [7, 11) is 6.43. The fraction of sp³-hybridized carbons (Fsp3) is 0.812. The number of hydrogen-bond acceptors (Lipinski definition) is 3. The maximum atomic E-state index is 6.51. The Labute approximate surface area is 133 Å². The second kappa shape index (κ2) is 6.67. The van der Waals surface area contributed by atoms with Gasteiger partial charge in [-0.1, -0.05) is 30.9 Å². The summed E-state index contributed by atoms with van der Waals surface area (Å²) in [6.07, 6.45) is 8.08. The van der Waals surface area contributed by atoms with Gasteiger partial charge >= 0.3 is 0 Å². The van der Waals surface area contributed by atoms with Crippen molar-refractivity contribution in [3.63, 3.8) is 0 Å². The number of likely N-dealkylation sites (N-methyl/N-ethyl adjacent to an activating group) is 2. The maximum Gasteiger partial charge on any atom is 0.0835 e. The van der Waals surface area contributed by atoms with E-state index in [1.165, 1.54) is 32.1 Å². The molecule has 1 fully saturated rings. The molecule has 1 heterocycles. The molecule has 1 aromatic rings. The minimum Gasteiger partial charge on any atom is -0.310 e. The van der Waals surface area contributed by atoms with Crippen LogP contribution in [0.4, 0.5) is 0 Å². The molecule has 1 aromatic heterocycles. The van der Waals surface area contributed by atoms with Gasteiger partial charge in [-0.05, 0) is 47.8 Å². The summed E-state index contributed by atoms with van der Waals surface area (Å²) in [5.41, 5.74) is 1.24. The molecule has 1 unspecified atom stereocenters. The standard InChI is InChI=1S/C16H29ClN4/c1-12(2)21-14(13(17)11-19-21)15(18-3)16(20(4)5)9-7-6-8-10-16/h11-12,15,18H,6-10H2,1-5H3. The number of aromatic nitrogens is 2. The van der Waals surface area contributed by atoms with Crippen molar-refractivity contribution in [3.05, 3.63) is 16.9 Å². The molecular weight excluding hydrogens is 284 g/mol. The van der Waals surface area contributed by atoms with Gasteiger partial charge in [-0.3, -0.25) is 4.68 Å². The summed E-state index contributed by atoms with van der Waals surface area (Å²) < 4.78 is 2.07. The second-order valence-electron chi connectivity index (χ2n) is 6.70. The summed E-state index contributed by atoms with van der Waals surface area (Å²) in [4.78, 5) is 2.39. The monoisotopic (exact) mass is 312 g/mol. The van der Waals surface area contributed by atoms with Crippen molar-refractivity contribution < 1.29 is 0 Å². The highest BCUT2D eigenvalue weighted by molar-refractivity contribution is 6.31. The fourth-order valence-corrected chi connectivity index (χ4v) is 4.09. The van der Waals surface area contributed by atoms with Gasteiger partial charge in [-0.15, -0.1) is 0 Å². The van der Waals surface area contributed by atoms with Gasteiger partial charge in [0.25, 0.3) is 0 Å². The van der Waals surface area contributed by atoms with E-state index < -0.39 is 0 Å². The van der Waals surface area contributed by atoms with Crippen LogP contribution in [0.25, 0.3) is 0 Å². The third-order valence-corrected chi connectivity index (χ3v) is 5.28. The highest BCUT2D eigenvalue weighted by atomic mass is 35.5. The SMILES string of the molecule is CNC(c1c(Cl)cnn1C(C)C)C1(N(C)C)CCCCC1. The van der Waals surface area contributed by atoms with E-state index in [4.69, 9.17) is 11.6 Å². The minimum atomic E-state index is 0.114. The second-order valence-corrected chi connectivity index (χ2v) is 7.10. The number of halogens is 1. The summed E-state index contributed by atoms with van der Waals surface area (Å²) in [6, 6.07) is 0.511. The lowest BCUT2D eigenvalue weighted by Gasteiger charge is -2.48. The van der Waals surface area contributed by atoms with Crippen molar-refractivity contribution in [1.82, 2.24) is 20.0 Å². The van der Waals surface area contributed by atoms with Crippen LogP contribution < -0.4 is 5.32 Å². The van der Waals surface area contributed by atoms with Crippen molar-refractivity contribution in [3.8, 4) is 0 Å². The van der Waals surface area contributed by atoms with E-state index in [-0.39, 0.29) is 11.6 Å². The van der Waals surface area contributed by atoms with E-state index in [1.54, 1.807) is 6.20 Å². The molecule has 0 aliphatic heterocycles. The zero-order chi connectivity index (χ0) is 15.6. The first kappa shape index (κ1) is 16.8. The van der Waals surface area contributed by atoms with Crippen LogP contribution in [0, 0.1) is 0 Å². The first-order valence-electron chi connectivity index (χ1n) is 8.01. The lowest BCUT2D eigenvalue weighted by Crippen LogP contribution is -2.54. The maximum absolute atomic E-state index is 6.51. The summed E-state index contributed by atoms with van der Waals surface area (Å²) in [5, 5.41) is 8.81. The molecule has 0 spiro atoms. The van der Waals surface area contributed by atoms with Crippen LogP contribution in [0.5, 0.6) is 0 Å².